The van der Waals surface area contributed by atoms with Gasteiger partial charge in [0, 0.05) is 11.7 Å². The first-order valence-electron chi connectivity index (χ1n) is 4.63. The van der Waals surface area contributed by atoms with Crippen molar-refractivity contribution in [3.63, 3.8) is 0 Å². The van der Waals surface area contributed by atoms with Crippen LogP contribution in [0.2, 0.25) is 0 Å². The Bertz CT molecular complexity index is 323. The van der Waals surface area contributed by atoms with Gasteiger partial charge in [0.15, 0.2) is 0 Å². The molecule has 1 aromatic rings. The summed E-state index contributed by atoms with van der Waals surface area (Å²) in [6.45, 7) is 3.86. The minimum Gasteiger partial charge on any atom is -0.481 e. The highest BCUT2D eigenvalue weighted by Crippen LogP contribution is 2.14. The molecule has 14 heavy (non-hydrogen) atoms. The number of carboxylic acid groups (broad SMARTS) is 1. The lowest BCUT2D eigenvalue weighted by atomic mass is 10.1. The lowest BCUT2D eigenvalue weighted by Gasteiger charge is -2.14. The maximum Gasteiger partial charge on any atom is 0.305 e. The average Bonchev–Trinajstić information content (AvgIpc) is 2.07. The summed E-state index contributed by atoms with van der Waals surface area (Å²) >= 11 is 0. The highest BCUT2D eigenvalue weighted by molar-refractivity contribution is 5.68. The molecule has 76 valence electrons. The van der Waals surface area contributed by atoms with E-state index in [1.807, 2.05) is 38.1 Å². The number of carboxylic acids is 1. The van der Waals surface area contributed by atoms with Crippen LogP contribution in [0.1, 0.15) is 18.9 Å². The van der Waals surface area contributed by atoms with Gasteiger partial charge in [-0.25, -0.2) is 0 Å². The Morgan fingerprint density at radius 1 is 1.50 bits per heavy atom. The molecule has 1 atom stereocenters. The number of aryl methyl sites for hydroxylation is 1. The summed E-state index contributed by atoms with van der Waals surface area (Å²) in [4.78, 5) is 10.4. The fourth-order valence-electron chi connectivity index (χ4n) is 1.31. The van der Waals surface area contributed by atoms with E-state index in [9.17, 15) is 4.79 Å². The third-order valence-corrected chi connectivity index (χ3v) is 2.03. The monoisotopic (exact) mass is 193 g/mol. The summed E-state index contributed by atoms with van der Waals surface area (Å²) in [6, 6.07) is 7.79. The third kappa shape index (κ3) is 3.09. The van der Waals surface area contributed by atoms with Crippen LogP contribution in [0.5, 0.6) is 0 Å². The largest absolute Gasteiger partial charge is 0.481 e. The van der Waals surface area contributed by atoms with Gasteiger partial charge in [0.05, 0.1) is 6.42 Å². The molecular weight excluding hydrogens is 178 g/mol. The number of carbonyl (C=O) groups is 1. The second kappa shape index (κ2) is 4.65. The fourth-order valence-corrected chi connectivity index (χ4v) is 1.31. The van der Waals surface area contributed by atoms with Gasteiger partial charge < -0.3 is 10.4 Å². The minimum atomic E-state index is -0.779. The average molecular weight is 193 g/mol. The molecule has 0 saturated carbocycles. The van der Waals surface area contributed by atoms with Crippen molar-refractivity contribution in [1.82, 2.24) is 0 Å². The summed E-state index contributed by atoms with van der Waals surface area (Å²) in [5.74, 6) is -0.779. The van der Waals surface area contributed by atoms with Crippen molar-refractivity contribution < 1.29 is 9.90 Å². The van der Waals surface area contributed by atoms with Crippen LogP contribution >= 0.6 is 0 Å². The maximum absolute atomic E-state index is 10.4. The standard InChI is InChI=1S/C11H15NO2/c1-8-5-3-4-6-10(8)12-9(2)7-11(13)14/h3-6,9,12H,7H2,1-2H3,(H,13,14). The molecule has 3 heteroatoms. The Morgan fingerprint density at radius 2 is 2.14 bits per heavy atom. The molecule has 0 aliphatic heterocycles. The van der Waals surface area contributed by atoms with Crippen molar-refractivity contribution in [2.45, 2.75) is 26.3 Å². The van der Waals surface area contributed by atoms with Crippen LogP contribution in [-0.2, 0) is 4.79 Å². The first-order valence-corrected chi connectivity index (χ1v) is 4.63. The molecule has 0 aromatic heterocycles. The smallest absolute Gasteiger partial charge is 0.305 e. The third-order valence-electron chi connectivity index (χ3n) is 2.03. The number of rotatable bonds is 4. The van der Waals surface area contributed by atoms with E-state index in [0.29, 0.717) is 0 Å². The zero-order chi connectivity index (χ0) is 10.6. The van der Waals surface area contributed by atoms with Gasteiger partial charge in [-0.2, -0.15) is 0 Å². The normalized spacial score (nSPS) is 12.1. The van der Waals surface area contributed by atoms with Crippen LogP contribution in [0, 0.1) is 6.92 Å². The highest BCUT2D eigenvalue weighted by Gasteiger charge is 2.07. The van der Waals surface area contributed by atoms with Crippen LogP contribution in [0.3, 0.4) is 0 Å². The van der Waals surface area contributed by atoms with E-state index >= 15 is 0 Å². The SMILES string of the molecule is Cc1ccccc1NC(C)CC(=O)O. The lowest BCUT2D eigenvalue weighted by Crippen LogP contribution is -2.19. The molecule has 0 amide bonds. The molecule has 1 aromatic carbocycles. The molecule has 0 fully saturated rings. The molecule has 0 heterocycles. The van der Waals surface area contributed by atoms with Crippen molar-refractivity contribution in [1.29, 1.82) is 0 Å². The van der Waals surface area contributed by atoms with Gasteiger partial charge in [0.25, 0.3) is 0 Å². The van der Waals surface area contributed by atoms with E-state index in [1.54, 1.807) is 0 Å². The Morgan fingerprint density at radius 3 is 2.71 bits per heavy atom. The molecule has 3 nitrogen and oxygen atoms in total. The van der Waals surface area contributed by atoms with E-state index < -0.39 is 5.97 Å². The molecule has 0 aliphatic carbocycles. The fraction of sp³-hybridized carbons (Fsp3) is 0.364. The number of hydrogen-bond acceptors (Lipinski definition) is 2. The number of benzene rings is 1. The Hall–Kier alpha value is -1.51. The maximum atomic E-state index is 10.4. The van der Waals surface area contributed by atoms with E-state index in [1.165, 1.54) is 0 Å². The van der Waals surface area contributed by atoms with E-state index in [-0.39, 0.29) is 12.5 Å². The van der Waals surface area contributed by atoms with Crippen molar-refractivity contribution >= 4 is 11.7 Å². The predicted molar refractivity (Wildman–Crippen MR) is 56.5 cm³/mol. The molecule has 0 saturated heterocycles. The summed E-state index contributed by atoms with van der Waals surface area (Å²) in [5.41, 5.74) is 2.13. The zero-order valence-corrected chi connectivity index (χ0v) is 8.45. The van der Waals surface area contributed by atoms with Crippen LogP contribution in [-0.4, -0.2) is 17.1 Å². The molecular formula is C11H15NO2. The number of anilines is 1. The van der Waals surface area contributed by atoms with Crippen LogP contribution < -0.4 is 5.32 Å². The molecule has 1 unspecified atom stereocenters. The van der Waals surface area contributed by atoms with Crippen LogP contribution in [0.25, 0.3) is 0 Å². The number of nitrogens with one attached hydrogen (secondary N) is 1. The topological polar surface area (TPSA) is 49.3 Å². The highest BCUT2D eigenvalue weighted by atomic mass is 16.4. The molecule has 0 bridgehead atoms. The quantitative estimate of drug-likeness (QED) is 0.771. The Kier molecular flexibility index (Phi) is 3.51. The Labute approximate surface area is 83.8 Å². The van der Waals surface area contributed by atoms with Crippen molar-refractivity contribution in [3.8, 4) is 0 Å². The van der Waals surface area contributed by atoms with Crippen LogP contribution in [0.15, 0.2) is 24.3 Å². The van der Waals surface area contributed by atoms with Crippen molar-refractivity contribution in [3.05, 3.63) is 29.8 Å². The lowest BCUT2D eigenvalue weighted by molar-refractivity contribution is -0.137. The van der Waals surface area contributed by atoms with Crippen molar-refractivity contribution in [2.24, 2.45) is 0 Å². The summed E-state index contributed by atoms with van der Waals surface area (Å²) in [6.07, 6.45) is 0.133. The van der Waals surface area contributed by atoms with Gasteiger partial charge in [-0.3, -0.25) is 4.79 Å². The van der Waals surface area contributed by atoms with Crippen molar-refractivity contribution in [2.75, 3.05) is 5.32 Å². The van der Waals surface area contributed by atoms with Gasteiger partial charge in [0.2, 0.25) is 0 Å². The predicted octanol–water partition coefficient (Wildman–Crippen LogP) is 2.27. The van der Waals surface area contributed by atoms with E-state index in [4.69, 9.17) is 5.11 Å². The van der Waals surface area contributed by atoms with Crippen LogP contribution in [0.4, 0.5) is 5.69 Å². The molecule has 1 rings (SSSR count). The Balaban J connectivity index is 2.60. The molecule has 0 aliphatic rings. The van der Waals surface area contributed by atoms with Gasteiger partial charge in [-0.05, 0) is 25.5 Å². The summed E-state index contributed by atoms with van der Waals surface area (Å²) < 4.78 is 0. The first-order chi connectivity index (χ1) is 6.59. The van der Waals surface area contributed by atoms with E-state index in [0.717, 1.165) is 11.3 Å². The second-order valence-corrected chi connectivity index (χ2v) is 3.46. The summed E-state index contributed by atoms with van der Waals surface area (Å²) in [5, 5.41) is 11.8. The number of hydrogen-bond donors (Lipinski definition) is 2. The number of para-hydroxylation sites is 1. The minimum absolute atomic E-state index is 0.0476. The molecule has 0 radical (unpaired) electrons. The van der Waals surface area contributed by atoms with Gasteiger partial charge >= 0.3 is 5.97 Å². The van der Waals surface area contributed by atoms with E-state index in [2.05, 4.69) is 5.32 Å². The van der Waals surface area contributed by atoms with Gasteiger partial charge in [-0.1, -0.05) is 18.2 Å². The number of aliphatic carboxylic acids is 1. The van der Waals surface area contributed by atoms with Gasteiger partial charge in [0.1, 0.15) is 0 Å². The summed E-state index contributed by atoms with van der Waals surface area (Å²) in [7, 11) is 0. The van der Waals surface area contributed by atoms with Gasteiger partial charge in [-0.15, -0.1) is 0 Å². The molecule has 0 spiro atoms. The zero-order valence-electron chi connectivity index (χ0n) is 8.45. The second-order valence-electron chi connectivity index (χ2n) is 3.46. The molecule has 2 N–H and O–H groups in total. The first kappa shape index (κ1) is 10.6.